The number of likely N-dealkylation sites (tertiary alicyclic amines) is 1. The number of nitrogens with one attached hydrogen (secondary N) is 1. The molecule has 1 unspecified atom stereocenters. The summed E-state index contributed by atoms with van der Waals surface area (Å²) >= 11 is 0. The largest absolute Gasteiger partial charge is 0.382 e. The van der Waals surface area contributed by atoms with Gasteiger partial charge in [0.15, 0.2) is 0 Å². The monoisotopic (exact) mass is 305 g/mol. The summed E-state index contributed by atoms with van der Waals surface area (Å²) in [5.41, 5.74) is 0.0517. The van der Waals surface area contributed by atoms with E-state index in [1.807, 2.05) is 11.0 Å². The molecule has 2 rings (SSSR count). The molecule has 1 saturated heterocycles. The van der Waals surface area contributed by atoms with Crippen molar-refractivity contribution >= 4 is 5.91 Å². The third-order valence-corrected chi connectivity index (χ3v) is 4.18. The molecule has 1 amide bonds. The first-order valence-corrected chi connectivity index (χ1v) is 7.22. The van der Waals surface area contributed by atoms with Crippen molar-refractivity contribution in [1.82, 2.24) is 10.2 Å². The van der Waals surface area contributed by atoms with Gasteiger partial charge in [-0.05, 0) is 37.1 Å². The fraction of sp³-hybridized carbons (Fsp3) is 0.500. The predicted molar refractivity (Wildman–Crippen MR) is 79.4 cm³/mol. The Morgan fingerprint density at radius 2 is 2.36 bits per heavy atom. The fourth-order valence-electron chi connectivity index (χ4n) is 3.09. The van der Waals surface area contributed by atoms with E-state index in [0.717, 1.165) is 18.5 Å². The highest BCUT2D eigenvalue weighted by Gasteiger charge is 2.46. The van der Waals surface area contributed by atoms with Crippen LogP contribution in [-0.4, -0.2) is 43.7 Å². The SMILES string of the molecule is CNC(=O)C1(COC)CCCN1Cc1ccc(C#N)c(F)c1. The zero-order valence-electron chi connectivity index (χ0n) is 12.9. The summed E-state index contributed by atoms with van der Waals surface area (Å²) < 4.78 is 19.0. The van der Waals surface area contributed by atoms with Gasteiger partial charge in [0.2, 0.25) is 5.91 Å². The lowest BCUT2D eigenvalue weighted by atomic mass is 9.95. The first-order valence-electron chi connectivity index (χ1n) is 7.22. The summed E-state index contributed by atoms with van der Waals surface area (Å²) in [5.74, 6) is -0.613. The molecule has 0 radical (unpaired) electrons. The van der Waals surface area contributed by atoms with Gasteiger partial charge in [0.1, 0.15) is 17.4 Å². The molecule has 0 aliphatic carbocycles. The Balaban J connectivity index is 2.25. The molecule has 22 heavy (non-hydrogen) atoms. The molecule has 1 aliphatic rings. The number of ether oxygens (including phenoxy) is 1. The second-order valence-corrected chi connectivity index (χ2v) is 5.49. The lowest BCUT2D eigenvalue weighted by Crippen LogP contribution is -2.57. The molecule has 0 spiro atoms. The molecule has 0 saturated carbocycles. The van der Waals surface area contributed by atoms with Crippen molar-refractivity contribution < 1.29 is 13.9 Å². The van der Waals surface area contributed by atoms with Gasteiger partial charge in [-0.1, -0.05) is 6.07 Å². The zero-order chi connectivity index (χ0) is 16.2. The van der Waals surface area contributed by atoms with Crippen LogP contribution in [0.15, 0.2) is 18.2 Å². The molecule has 1 heterocycles. The predicted octanol–water partition coefficient (Wildman–Crippen LogP) is 1.42. The van der Waals surface area contributed by atoms with E-state index in [1.165, 1.54) is 12.1 Å². The molecular weight excluding hydrogens is 285 g/mol. The van der Waals surface area contributed by atoms with Crippen LogP contribution in [-0.2, 0) is 16.1 Å². The van der Waals surface area contributed by atoms with E-state index in [9.17, 15) is 9.18 Å². The second-order valence-electron chi connectivity index (χ2n) is 5.49. The lowest BCUT2D eigenvalue weighted by molar-refractivity contribution is -0.135. The van der Waals surface area contributed by atoms with Crippen molar-refractivity contribution in [3.8, 4) is 6.07 Å². The van der Waals surface area contributed by atoms with Gasteiger partial charge in [0, 0.05) is 20.7 Å². The fourth-order valence-corrected chi connectivity index (χ4v) is 3.09. The molecule has 0 bridgehead atoms. The number of benzene rings is 1. The number of carbonyl (C=O) groups is 1. The third-order valence-electron chi connectivity index (χ3n) is 4.18. The van der Waals surface area contributed by atoms with Crippen molar-refractivity contribution in [3.05, 3.63) is 35.1 Å². The summed E-state index contributed by atoms with van der Waals surface area (Å²) in [6.45, 7) is 1.49. The number of rotatable bonds is 5. The van der Waals surface area contributed by atoms with E-state index in [2.05, 4.69) is 5.32 Å². The Hall–Kier alpha value is -1.97. The van der Waals surface area contributed by atoms with Crippen LogP contribution in [0.1, 0.15) is 24.0 Å². The maximum absolute atomic E-state index is 13.7. The van der Waals surface area contributed by atoms with Gasteiger partial charge in [0.25, 0.3) is 0 Å². The Kier molecular flexibility index (Phi) is 5.11. The lowest BCUT2D eigenvalue weighted by Gasteiger charge is -2.36. The maximum Gasteiger partial charge on any atom is 0.242 e. The van der Waals surface area contributed by atoms with Crippen LogP contribution in [0.25, 0.3) is 0 Å². The van der Waals surface area contributed by atoms with Crippen LogP contribution in [0.2, 0.25) is 0 Å². The number of nitriles is 1. The Labute approximate surface area is 129 Å². The Morgan fingerprint density at radius 3 is 2.95 bits per heavy atom. The topological polar surface area (TPSA) is 65.4 Å². The van der Waals surface area contributed by atoms with Gasteiger partial charge < -0.3 is 10.1 Å². The van der Waals surface area contributed by atoms with Gasteiger partial charge in [-0.3, -0.25) is 9.69 Å². The minimum absolute atomic E-state index is 0.0274. The normalized spacial score (nSPS) is 21.5. The van der Waals surface area contributed by atoms with Crippen molar-refractivity contribution in [1.29, 1.82) is 5.26 Å². The highest BCUT2D eigenvalue weighted by molar-refractivity contribution is 5.86. The average Bonchev–Trinajstić information content (AvgIpc) is 2.91. The van der Waals surface area contributed by atoms with Crippen molar-refractivity contribution in [2.45, 2.75) is 24.9 Å². The first-order chi connectivity index (χ1) is 10.6. The summed E-state index contributed by atoms with van der Waals surface area (Å²) in [7, 11) is 3.18. The smallest absolute Gasteiger partial charge is 0.242 e. The maximum atomic E-state index is 13.7. The van der Waals surface area contributed by atoms with E-state index in [4.69, 9.17) is 10.00 Å². The van der Waals surface area contributed by atoms with Gasteiger partial charge in [-0.25, -0.2) is 4.39 Å². The van der Waals surface area contributed by atoms with Crippen LogP contribution in [0.4, 0.5) is 4.39 Å². The summed E-state index contributed by atoms with van der Waals surface area (Å²) in [4.78, 5) is 14.4. The van der Waals surface area contributed by atoms with Crippen LogP contribution in [0.5, 0.6) is 0 Å². The van der Waals surface area contributed by atoms with E-state index in [0.29, 0.717) is 19.6 Å². The molecule has 6 heteroatoms. The van der Waals surface area contributed by atoms with E-state index >= 15 is 0 Å². The number of nitrogens with zero attached hydrogens (tertiary/aromatic N) is 2. The molecule has 1 N–H and O–H groups in total. The molecule has 0 aromatic heterocycles. The second kappa shape index (κ2) is 6.86. The molecule has 1 atom stereocenters. The number of halogens is 1. The van der Waals surface area contributed by atoms with Crippen molar-refractivity contribution in [2.75, 3.05) is 27.3 Å². The minimum atomic E-state index is -0.714. The average molecular weight is 305 g/mol. The molecular formula is C16H20FN3O2. The van der Waals surface area contributed by atoms with E-state index in [-0.39, 0.29) is 11.5 Å². The number of methoxy groups -OCH3 is 1. The van der Waals surface area contributed by atoms with Crippen molar-refractivity contribution in [2.24, 2.45) is 0 Å². The molecule has 1 aliphatic heterocycles. The van der Waals surface area contributed by atoms with E-state index in [1.54, 1.807) is 20.2 Å². The third kappa shape index (κ3) is 2.96. The molecule has 118 valence electrons. The summed E-state index contributed by atoms with van der Waals surface area (Å²) in [6.07, 6.45) is 1.59. The summed E-state index contributed by atoms with van der Waals surface area (Å²) in [5, 5.41) is 11.5. The number of likely N-dealkylation sites (N-methyl/N-ethyl adjacent to an activating group) is 1. The quantitative estimate of drug-likeness (QED) is 0.893. The van der Waals surface area contributed by atoms with Gasteiger partial charge in [0.05, 0.1) is 12.2 Å². The number of hydrogen-bond donors (Lipinski definition) is 1. The number of carbonyl (C=O) groups excluding carboxylic acids is 1. The van der Waals surface area contributed by atoms with Crippen molar-refractivity contribution in [3.63, 3.8) is 0 Å². The van der Waals surface area contributed by atoms with Crippen LogP contribution >= 0.6 is 0 Å². The summed E-state index contributed by atoms with van der Waals surface area (Å²) in [6, 6.07) is 6.36. The Bertz CT molecular complexity index is 600. The standard InChI is InChI=1S/C16H20FN3O2/c1-19-15(21)16(11-22-2)6-3-7-20(16)10-12-4-5-13(9-18)14(17)8-12/h4-5,8H,3,6-7,10-11H2,1-2H3,(H,19,21). The van der Waals surface area contributed by atoms with Gasteiger partial charge in [-0.2, -0.15) is 5.26 Å². The number of amides is 1. The Morgan fingerprint density at radius 1 is 1.59 bits per heavy atom. The van der Waals surface area contributed by atoms with Gasteiger partial charge >= 0.3 is 0 Å². The molecule has 1 fully saturated rings. The van der Waals surface area contributed by atoms with Crippen LogP contribution in [0, 0.1) is 17.1 Å². The highest BCUT2D eigenvalue weighted by atomic mass is 19.1. The number of hydrogen-bond acceptors (Lipinski definition) is 4. The molecule has 1 aromatic rings. The molecule has 5 nitrogen and oxygen atoms in total. The van der Waals surface area contributed by atoms with Crippen LogP contribution < -0.4 is 5.32 Å². The minimum Gasteiger partial charge on any atom is -0.382 e. The molecule has 1 aromatic carbocycles. The van der Waals surface area contributed by atoms with Crippen LogP contribution in [0.3, 0.4) is 0 Å². The first kappa shape index (κ1) is 16.4. The zero-order valence-corrected chi connectivity index (χ0v) is 12.9. The van der Waals surface area contributed by atoms with Gasteiger partial charge in [-0.15, -0.1) is 0 Å². The highest BCUT2D eigenvalue weighted by Crippen LogP contribution is 2.32. The van der Waals surface area contributed by atoms with E-state index < -0.39 is 11.4 Å².